The molecule has 0 spiro atoms. The van der Waals surface area contributed by atoms with Gasteiger partial charge in [-0.15, -0.1) is 0 Å². The number of imidazole rings is 1. The smallest absolute Gasteiger partial charge is 0.229 e. The molecule has 0 atom stereocenters. The maximum atomic E-state index is 13.2. The van der Waals surface area contributed by atoms with Crippen molar-refractivity contribution in [1.29, 1.82) is 0 Å². The summed E-state index contributed by atoms with van der Waals surface area (Å²) in [5, 5.41) is 6.26. The SMILES string of the molecule is Fc1ccc(Nc2ncc(Br)c(NCCn3ccnc3)n2)cc1Cl. The monoisotopic (exact) mass is 410 g/mol. The van der Waals surface area contributed by atoms with Crippen LogP contribution in [0.3, 0.4) is 0 Å². The Morgan fingerprint density at radius 3 is 2.96 bits per heavy atom. The van der Waals surface area contributed by atoms with Crippen molar-refractivity contribution < 1.29 is 4.39 Å². The van der Waals surface area contributed by atoms with E-state index in [9.17, 15) is 4.39 Å². The molecular formula is C15H13BrClFN6. The van der Waals surface area contributed by atoms with Crippen LogP contribution < -0.4 is 10.6 Å². The van der Waals surface area contributed by atoms with E-state index in [1.165, 1.54) is 12.1 Å². The Morgan fingerprint density at radius 2 is 2.21 bits per heavy atom. The van der Waals surface area contributed by atoms with Crippen molar-refractivity contribution in [2.24, 2.45) is 0 Å². The number of rotatable bonds is 6. The number of nitrogens with zero attached hydrogens (tertiary/aromatic N) is 4. The van der Waals surface area contributed by atoms with Gasteiger partial charge in [0.05, 0.1) is 15.8 Å². The summed E-state index contributed by atoms with van der Waals surface area (Å²) in [6, 6.07) is 4.33. The minimum absolute atomic E-state index is 0.0378. The Balaban J connectivity index is 1.67. The Hall–Kier alpha value is -2.19. The maximum absolute atomic E-state index is 13.2. The van der Waals surface area contributed by atoms with E-state index in [1.54, 1.807) is 24.8 Å². The van der Waals surface area contributed by atoms with E-state index in [2.05, 4.69) is 41.5 Å². The number of halogens is 3. The molecule has 0 amide bonds. The summed E-state index contributed by atoms with van der Waals surface area (Å²) in [7, 11) is 0. The van der Waals surface area contributed by atoms with Crippen LogP contribution in [-0.2, 0) is 6.54 Å². The Labute approximate surface area is 151 Å². The molecule has 0 aliphatic rings. The van der Waals surface area contributed by atoms with Crippen LogP contribution in [0.5, 0.6) is 0 Å². The summed E-state index contributed by atoms with van der Waals surface area (Å²) in [6.45, 7) is 1.43. The number of anilines is 3. The van der Waals surface area contributed by atoms with Crippen molar-refractivity contribution in [3.63, 3.8) is 0 Å². The van der Waals surface area contributed by atoms with E-state index in [0.29, 0.717) is 24.0 Å². The van der Waals surface area contributed by atoms with Crippen molar-refractivity contribution in [1.82, 2.24) is 19.5 Å². The molecule has 0 saturated carbocycles. The van der Waals surface area contributed by atoms with Crippen LogP contribution in [0.1, 0.15) is 0 Å². The summed E-state index contributed by atoms with van der Waals surface area (Å²) in [4.78, 5) is 12.6. The first-order chi connectivity index (χ1) is 11.6. The lowest BCUT2D eigenvalue weighted by Gasteiger charge is -2.11. The number of hydrogen-bond acceptors (Lipinski definition) is 5. The number of nitrogens with one attached hydrogen (secondary N) is 2. The molecule has 6 nitrogen and oxygen atoms in total. The topological polar surface area (TPSA) is 67.7 Å². The lowest BCUT2D eigenvalue weighted by Crippen LogP contribution is -2.11. The van der Waals surface area contributed by atoms with E-state index < -0.39 is 5.82 Å². The zero-order valence-electron chi connectivity index (χ0n) is 12.4. The van der Waals surface area contributed by atoms with Crippen LogP contribution in [-0.4, -0.2) is 26.1 Å². The standard InChI is InChI=1S/C15H13BrClFN6/c16-11-8-21-15(22-10-1-2-13(18)12(17)7-10)23-14(11)20-4-6-24-5-3-19-9-24/h1-3,5,7-9H,4,6H2,(H2,20,21,22,23). The van der Waals surface area contributed by atoms with Gasteiger partial charge in [0, 0.05) is 37.4 Å². The molecule has 0 bridgehead atoms. The summed E-state index contributed by atoms with van der Waals surface area (Å²) in [6.07, 6.45) is 7.01. The second-order valence-corrected chi connectivity index (χ2v) is 6.13. The molecule has 2 heterocycles. The van der Waals surface area contributed by atoms with E-state index in [0.717, 1.165) is 11.0 Å². The fourth-order valence-electron chi connectivity index (χ4n) is 1.98. The van der Waals surface area contributed by atoms with Crippen LogP contribution in [0.2, 0.25) is 5.02 Å². The molecule has 124 valence electrons. The molecule has 0 aliphatic carbocycles. The van der Waals surface area contributed by atoms with Crippen molar-refractivity contribution in [3.8, 4) is 0 Å². The van der Waals surface area contributed by atoms with Crippen molar-refractivity contribution in [2.75, 3.05) is 17.2 Å². The Kier molecular flexibility index (Phi) is 5.27. The van der Waals surface area contributed by atoms with E-state index in [-0.39, 0.29) is 5.02 Å². The molecule has 2 N–H and O–H groups in total. The summed E-state index contributed by atoms with van der Waals surface area (Å²) >= 11 is 9.18. The van der Waals surface area contributed by atoms with Gasteiger partial charge in [-0.2, -0.15) is 4.98 Å². The van der Waals surface area contributed by atoms with E-state index in [1.807, 2.05) is 10.8 Å². The van der Waals surface area contributed by atoms with Gasteiger partial charge in [-0.25, -0.2) is 14.4 Å². The Bertz CT molecular complexity index is 827. The normalized spacial score (nSPS) is 10.6. The van der Waals surface area contributed by atoms with Crippen molar-refractivity contribution >= 4 is 45.0 Å². The molecule has 0 unspecified atom stereocenters. The second kappa shape index (κ2) is 7.59. The third-order valence-electron chi connectivity index (χ3n) is 3.14. The van der Waals surface area contributed by atoms with Crippen LogP contribution in [0, 0.1) is 5.82 Å². The number of hydrogen-bond donors (Lipinski definition) is 2. The van der Waals surface area contributed by atoms with Crippen LogP contribution in [0.4, 0.5) is 21.8 Å². The van der Waals surface area contributed by atoms with Crippen LogP contribution >= 0.6 is 27.5 Å². The highest BCUT2D eigenvalue weighted by molar-refractivity contribution is 9.10. The first-order valence-corrected chi connectivity index (χ1v) is 8.23. The molecule has 24 heavy (non-hydrogen) atoms. The fourth-order valence-corrected chi connectivity index (χ4v) is 2.49. The van der Waals surface area contributed by atoms with E-state index >= 15 is 0 Å². The zero-order valence-corrected chi connectivity index (χ0v) is 14.7. The molecule has 9 heteroatoms. The highest BCUT2D eigenvalue weighted by atomic mass is 79.9. The van der Waals surface area contributed by atoms with E-state index in [4.69, 9.17) is 11.6 Å². The van der Waals surface area contributed by atoms with Gasteiger partial charge in [0.1, 0.15) is 11.6 Å². The third-order valence-corrected chi connectivity index (χ3v) is 4.01. The van der Waals surface area contributed by atoms with Crippen molar-refractivity contribution in [3.05, 3.63) is 58.4 Å². The van der Waals surface area contributed by atoms with Gasteiger partial charge < -0.3 is 15.2 Å². The summed E-state index contributed by atoms with van der Waals surface area (Å²) < 4.78 is 15.9. The molecular weight excluding hydrogens is 399 g/mol. The second-order valence-electron chi connectivity index (χ2n) is 4.87. The minimum atomic E-state index is -0.471. The van der Waals surface area contributed by atoms with Gasteiger partial charge in [-0.3, -0.25) is 0 Å². The number of benzene rings is 1. The Morgan fingerprint density at radius 1 is 1.33 bits per heavy atom. The predicted octanol–water partition coefficient (Wildman–Crippen LogP) is 4.08. The molecule has 0 saturated heterocycles. The molecule has 3 rings (SSSR count). The first-order valence-electron chi connectivity index (χ1n) is 7.06. The molecule has 0 radical (unpaired) electrons. The van der Waals surface area contributed by atoms with Gasteiger partial charge in [-0.1, -0.05) is 11.6 Å². The molecule has 2 aromatic heterocycles. The van der Waals surface area contributed by atoms with Gasteiger partial charge in [0.2, 0.25) is 5.95 Å². The third kappa shape index (κ3) is 4.21. The highest BCUT2D eigenvalue weighted by Crippen LogP contribution is 2.24. The lowest BCUT2D eigenvalue weighted by atomic mass is 10.3. The zero-order chi connectivity index (χ0) is 16.9. The van der Waals surface area contributed by atoms with Gasteiger partial charge in [0.25, 0.3) is 0 Å². The van der Waals surface area contributed by atoms with Crippen molar-refractivity contribution in [2.45, 2.75) is 6.54 Å². The highest BCUT2D eigenvalue weighted by Gasteiger charge is 2.07. The van der Waals surface area contributed by atoms with Gasteiger partial charge in [-0.05, 0) is 34.1 Å². The average Bonchev–Trinajstić information content (AvgIpc) is 3.07. The first kappa shape index (κ1) is 16.7. The molecule has 1 aromatic carbocycles. The minimum Gasteiger partial charge on any atom is -0.367 e. The lowest BCUT2D eigenvalue weighted by molar-refractivity contribution is 0.628. The van der Waals surface area contributed by atoms with Crippen LogP contribution in [0.15, 0.2) is 47.6 Å². The molecule has 0 aliphatic heterocycles. The largest absolute Gasteiger partial charge is 0.367 e. The van der Waals surface area contributed by atoms with Gasteiger partial charge >= 0.3 is 0 Å². The van der Waals surface area contributed by atoms with Gasteiger partial charge in [0.15, 0.2) is 0 Å². The fraction of sp³-hybridized carbons (Fsp3) is 0.133. The average molecular weight is 412 g/mol. The number of aromatic nitrogens is 4. The summed E-state index contributed by atoms with van der Waals surface area (Å²) in [5.41, 5.74) is 0.605. The summed E-state index contributed by atoms with van der Waals surface area (Å²) in [5.74, 6) is 0.563. The molecule has 0 fully saturated rings. The predicted molar refractivity (Wildman–Crippen MR) is 95.1 cm³/mol. The van der Waals surface area contributed by atoms with Crippen LogP contribution in [0.25, 0.3) is 0 Å². The molecule has 3 aromatic rings. The quantitative estimate of drug-likeness (QED) is 0.640. The maximum Gasteiger partial charge on any atom is 0.229 e.